The van der Waals surface area contributed by atoms with Gasteiger partial charge < -0.3 is 15.8 Å². The molecule has 0 radical (unpaired) electrons. The van der Waals surface area contributed by atoms with Crippen LogP contribution in [0.1, 0.15) is 25.7 Å². The number of methoxy groups -OCH3 is 1. The third kappa shape index (κ3) is 2.00. The molecule has 76 valence electrons. The second-order valence-electron chi connectivity index (χ2n) is 3.63. The highest BCUT2D eigenvalue weighted by molar-refractivity contribution is 5.84. The van der Waals surface area contributed by atoms with Gasteiger partial charge in [0.15, 0.2) is 0 Å². The summed E-state index contributed by atoms with van der Waals surface area (Å²) in [5, 5.41) is 3.03. The van der Waals surface area contributed by atoms with Gasteiger partial charge >= 0.3 is 0 Å². The first kappa shape index (κ1) is 10.5. The molecule has 4 heteroatoms. The molecule has 0 aromatic heterocycles. The zero-order valence-electron chi connectivity index (χ0n) is 8.30. The third-order valence-corrected chi connectivity index (χ3v) is 3.07. The van der Waals surface area contributed by atoms with Crippen LogP contribution in [-0.4, -0.2) is 31.7 Å². The van der Waals surface area contributed by atoms with Crippen molar-refractivity contribution in [3.05, 3.63) is 0 Å². The molecule has 0 spiro atoms. The van der Waals surface area contributed by atoms with Crippen molar-refractivity contribution in [2.45, 2.75) is 37.3 Å². The van der Waals surface area contributed by atoms with Crippen molar-refractivity contribution in [3.8, 4) is 0 Å². The first-order valence-electron chi connectivity index (χ1n) is 4.66. The van der Waals surface area contributed by atoms with Gasteiger partial charge in [0, 0.05) is 7.11 Å². The Bertz CT molecular complexity index is 186. The predicted octanol–water partition coefficient (Wildman–Crippen LogP) is 0.0189. The van der Waals surface area contributed by atoms with Crippen molar-refractivity contribution < 1.29 is 9.53 Å². The Morgan fingerprint density at radius 3 is 2.38 bits per heavy atom. The molecule has 1 rings (SSSR count). The largest absolute Gasteiger partial charge is 0.381 e. The lowest BCUT2D eigenvalue weighted by atomic mass is 9.80. The molecular weight excluding hydrogens is 168 g/mol. The van der Waals surface area contributed by atoms with Crippen LogP contribution in [0.15, 0.2) is 0 Å². The average molecular weight is 186 g/mol. The number of rotatable bonds is 3. The van der Waals surface area contributed by atoms with Crippen molar-refractivity contribution in [1.82, 2.24) is 5.32 Å². The Kier molecular flexibility index (Phi) is 3.27. The smallest absolute Gasteiger partial charge is 0.237 e. The third-order valence-electron chi connectivity index (χ3n) is 3.07. The van der Waals surface area contributed by atoms with E-state index < -0.39 is 5.54 Å². The zero-order valence-corrected chi connectivity index (χ0v) is 8.30. The fourth-order valence-corrected chi connectivity index (χ4v) is 1.94. The number of nitrogens with two attached hydrogens (primary N) is 1. The van der Waals surface area contributed by atoms with Crippen LogP contribution in [0.5, 0.6) is 0 Å². The lowest BCUT2D eigenvalue weighted by Crippen LogP contribution is -2.56. The minimum atomic E-state index is -0.491. The van der Waals surface area contributed by atoms with E-state index in [0.29, 0.717) is 6.10 Å². The number of hydrogen-bond donors (Lipinski definition) is 2. The van der Waals surface area contributed by atoms with Crippen LogP contribution < -0.4 is 11.1 Å². The Labute approximate surface area is 78.8 Å². The summed E-state index contributed by atoms with van der Waals surface area (Å²) >= 11 is 0. The Balaban J connectivity index is 2.58. The maximum Gasteiger partial charge on any atom is 0.237 e. The van der Waals surface area contributed by atoms with Crippen LogP contribution >= 0.6 is 0 Å². The molecule has 0 aromatic rings. The molecule has 0 atom stereocenters. The van der Waals surface area contributed by atoms with Gasteiger partial charge in [-0.1, -0.05) is 0 Å². The van der Waals surface area contributed by atoms with Gasteiger partial charge in [-0.2, -0.15) is 0 Å². The summed E-state index contributed by atoms with van der Waals surface area (Å²) in [7, 11) is 3.50. The first-order chi connectivity index (χ1) is 6.14. The normalized spacial score (nSPS) is 34.5. The number of ether oxygens (including phenoxy) is 1. The van der Waals surface area contributed by atoms with Crippen molar-refractivity contribution in [2.24, 2.45) is 5.73 Å². The van der Waals surface area contributed by atoms with Gasteiger partial charge in [-0.05, 0) is 32.7 Å². The summed E-state index contributed by atoms with van der Waals surface area (Å²) in [6, 6.07) is 0. The molecule has 0 bridgehead atoms. The van der Waals surface area contributed by atoms with Crippen LogP contribution in [0.4, 0.5) is 0 Å². The van der Waals surface area contributed by atoms with Crippen molar-refractivity contribution in [2.75, 3.05) is 14.2 Å². The molecule has 0 aromatic carbocycles. The molecule has 0 heterocycles. The molecule has 4 nitrogen and oxygen atoms in total. The Morgan fingerprint density at radius 1 is 1.54 bits per heavy atom. The molecule has 0 unspecified atom stereocenters. The molecule has 0 saturated heterocycles. The number of primary amides is 1. The van der Waals surface area contributed by atoms with Crippen LogP contribution in [-0.2, 0) is 9.53 Å². The van der Waals surface area contributed by atoms with E-state index in [1.807, 2.05) is 0 Å². The Morgan fingerprint density at radius 2 is 2.08 bits per heavy atom. The SMILES string of the molecule is CNC1(C(N)=O)CCC(OC)CC1. The minimum absolute atomic E-state index is 0.246. The van der Waals surface area contributed by atoms with Crippen molar-refractivity contribution >= 4 is 5.91 Å². The average Bonchev–Trinajstić information content (AvgIpc) is 2.17. The Hall–Kier alpha value is -0.610. The van der Waals surface area contributed by atoms with Crippen molar-refractivity contribution in [3.63, 3.8) is 0 Å². The fourth-order valence-electron chi connectivity index (χ4n) is 1.94. The number of carbonyl (C=O) groups is 1. The number of carbonyl (C=O) groups excluding carboxylic acids is 1. The van der Waals surface area contributed by atoms with E-state index in [1.54, 1.807) is 14.2 Å². The summed E-state index contributed by atoms with van der Waals surface area (Å²) < 4.78 is 5.23. The fraction of sp³-hybridized carbons (Fsp3) is 0.889. The molecule has 1 fully saturated rings. The van der Waals surface area contributed by atoms with E-state index in [0.717, 1.165) is 25.7 Å². The minimum Gasteiger partial charge on any atom is -0.381 e. The van der Waals surface area contributed by atoms with Gasteiger partial charge in [0.25, 0.3) is 0 Å². The van der Waals surface area contributed by atoms with E-state index in [9.17, 15) is 4.79 Å². The second-order valence-corrected chi connectivity index (χ2v) is 3.63. The number of hydrogen-bond acceptors (Lipinski definition) is 3. The van der Waals surface area contributed by atoms with Crippen LogP contribution in [0.2, 0.25) is 0 Å². The maximum absolute atomic E-state index is 11.2. The molecule has 1 saturated carbocycles. The summed E-state index contributed by atoms with van der Waals surface area (Å²) in [6.45, 7) is 0. The highest BCUT2D eigenvalue weighted by Gasteiger charge is 2.38. The van der Waals surface area contributed by atoms with Gasteiger partial charge in [0.2, 0.25) is 5.91 Å². The number of likely N-dealkylation sites (N-methyl/N-ethyl adjacent to an activating group) is 1. The molecule has 13 heavy (non-hydrogen) atoms. The van der Waals surface area contributed by atoms with Crippen LogP contribution in [0.3, 0.4) is 0 Å². The topological polar surface area (TPSA) is 64.3 Å². The lowest BCUT2D eigenvalue weighted by molar-refractivity contribution is -0.126. The highest BCUT2D eigenvalue weighted by Crippen LogP contribution is 2.29. The molecule has 1 aliphatic rings. The number of amides is 1. The highest BCUT2D eigenvalue weighted by atomic mass is 16.5. The number of nitrogens with one attached hydrogen (secondary N) is 1. The van der Waals surface area contributed by atoms with E-state index >= 15 is 0 Å². The molecule has 1 aliphatic carbocycles. The van der Waals surface area contributed by atoms with Gasteiger partial charge in [0.05, 0.1) is 11.6 Å². The molecule has 3 N–H and O–H groups in total. The summed E-state index contributed by atoms with van der Waals surface area (Å²) in [4.78, 5) is 11.2. The van der Waals surface area contributed by atoms with Gasteiger partial charge in [-0.3, -0.25) is 4.79 Å². The molecular formula is C9H18N2O2. The van der Waals surface area contributed by atoms with E-state index in [1.165, 1.54) is 0 Å². The van der Waals surface area contributed by atoms with Crippen molar-refractivity contribution in [1.29, 1.82) is 0 Å². The predicted molar refractivity (Wildman–Crippen MR) is 50.3 cm³/mol. The monoisotopic (exact) mass is 186 g/mol. The standard InChI is InChI=1S/C9H18N2O2/c1-11-9(8(10)12)5-3-7(13-2)4-6-9/h7,11H,3-6H2,1-2H3,(H2,10,12). The summed E-state index contributed by atoms with van der Waals surface area (Å²) in [5.41, 5.74) is 4.87. The zero-order chi connectivity index (χ0) is 9.90. The molecule has 1 amide bonds. The summed E-state index contributed by atoms with van der Waals surface area (Å²) in [5.74, 6) is -0.246. The quantitative estimate of drug-likeness (QED) is 0.653. The summed E-state index contributed by atoms with van der Waals surface area (Å²) in [6.07, 6.45) is 3.65. The van der Waals surface area contributed by atoms with Crippen LogP contribution in [0.25, 0.3) is 0 Å². The van der Waals surface area contributed by atoms with Gasteiger partial charge in [-0.25, -0.2) is 0 Å². The molecule has 0 aliphatic heterocycles. The van der Waals surface area contributed by atoms with Gasteiger partial charge in [0.1, 0.15) is 0 Å². The van der Waals surface area contributed by atoms with E-state index in [4.69, 9.17) is 10.5 Å². The van der Waals surface area contributed by atoms with E-state index in [2.05, 4.69) is 5.32 Å². The van der Waals surface area contributed by atoms with Crippen LogP contribution in [0, 0.1) is 0 Å². The lowest BCUT2D eigenvalue weighted by Gasteiger charge is -2.36. The second kappa shape index (κ2) is 4.07. The first-order valence-corrected chi connectivity index (χ1v) is 4.66. The van der Waals surface area contributed by atoms with E-state index in [-0.39, 0.29) is 5.91 Å². The van der Waals surface area contributed by atoms with Gasteiger partial charge in [-0.15, -0.1) is 0 Å². The maximum atomic E-state index is 11.2.